The number of rotatable bonds is 48. The topological polar surface area (TPSA) is 662 Å². The summed E-state index contributed by atoms with van der Waals surface area (Å²) in [6.07, 6.45) is -9.25. The SMILES string of the molecule is CC[C@H](C)[C@H](NC(=O)[C@H](CCC(=O)O)NC(=O)[C@H](CCC(=O)O)NC(=O)[C@H](Cc1ccccc1)NC(=O)[C@H](CC(=O)O)NC(=O)CNC(=O)[C@@H](N)CC(=O)O)C(=O)N1CCC[C@H]1C(=O)N[C@@H](CCC(=O)O)C(=O)N[C@@H](CCC(=O)O)C(=O)N[C@@H](Cc1ccc(OS(=O)(=O)O)cc1)C(=O)N[C@@H](CC(C)C)C(=O)O. The Kier molecular flexibility index (Phi) is 36.7. The van der Waals surface area contributed by atoms with Crippen LogP contribution in [0.15, 0.2) is 54.6 Å². The molecule has 2 aromatic rings. The van der Waals surface area contributed by atoms with Crippen molar-refractivity contribution in [3.8, 4) is 5.75 Å². The number of carbonyl (C=O) groups is 18. The van der Waals surface area contributed by atoms with Gasteiger partial charge in [0.05, 0.1) is 25.4 Å². The summed E-state index contributed by atoms with van der Waals surface area (Å²) in [7, 11) is -4.99. The number of amides is 11. The molecule has 20 N–H and O–H groups in total. The van der Waals surface area contributed by atoms with Gasteiger partial charge in [0.2, 0.25) is 65.0 Å². The fraction of sp³-hybridized carbons (Fsp3) is 0.538. The number of nitrogens with one attached hydrogen (secondary N) is 10. The van der Waals surface area contributed by atoms with Gasteiger partial charge in [0.15, 0.2) is 0 Å². The highest BCUT2D eigenvalue weighted by molar-refractivity contribution is 7.81. The number of hydrogen-bond donors (Lipinski definition) is 19. The van der Waals surface area contributed by atoms with Crippen molar-refractivity contribution in [1.82, 2.24) is 58.1 Å². The standard InChI is InChI=1S/C65H90N12O29S/c1-5-33(4)54(76-59(95)41(20-24-51(85)86)70-56(92)38(17-21-48(79)80)71-60(96)42(27-34-10-7-6-8-11-34)74-62(98)44(30-53(89)90)68-47(78)31-67-55(91)37(66)29-52(87)88)64(100)77-25-9-12-46(77)63(99)72-40(19-23-50(83)84)57(93)69-39(18-22-49(81)82)58(94)73-43(61(97)75-45(65(101)102)26-32(2)3)28-35-13-15-36(16-14-35)106-107(103,104)105/h6-8,10-11,13-16,32-33,37-46,54H,5,9,12,17-31,66H2,1-4H3,(H,67,91)(H,68,78)(H,69,93)(H,70,92)(H,71,96)(H,72,99)(H,73,94)(H,74,98)(H,75,97)(H,76,95)(H,79,80)(H,81,82)(H,83,84)(H,85,86)(H,87,88)(H,89,90)(H,101,102)(H,103,104,105)/t33-,37-,38-,39-,40-,41-,42-,43-,44-,45-,46-,54-/m0/s1. The van der Waals surface area contributed by atoms with Crippen LogP contribution < -0.4 is 63.1 Å². The van der Waals surface area contributed by atoms with Gasteiger partial charge >= 0.3 is 52.2 Å². The lowest BCUT2D eigenvalue weighted by Crippen LogP contribution is -2.61. The van der Waals surface area contributed by atoms with Gasteiger partial charge in [-0.05, 0) is 80.0 Å². The fourth-order valence-corrected chi connectivity index (χ4v) is 11.0. The van der Waals surface area contributed by atoms with E-state index in [4.69, 9.17) is 15.4 Å². The fourth-order valence-electron chi connectivity index (χ4n) is 10.7. The number of nitrogens with zero attached hydrogens (tertiary/aromatic N) is 1. The van der Waals surface area contributed by atoms with Gasteiger partial charge < -0.3 is 104 Å². The molecule has 41 nitrogen and oxygen atoms in total. The monoisotopic (exact) mass is 1530 g/mol. The third kappa shape index (κ3) is 33.1. The second kappa shape index (κ2) is 43.8. The van der Waals surface area contributed by atoms with Crippen LogP contribution in [0.1, 0.15) is 129 Å². The van der Waals surface area contributed by atoms with Crippen LogP contribution in [0.2, 0.25) is 0 Å². The Balaban J connectivity index is 1.98. The van der Waals surface area contributed by atoms with E-state index < -0.39 is 279 Å². The zero-order chi connectivity index (χ0) is 80.6. The van der Waals surface area contributed by atoms with Gasteiger partial charge in [0.1, 0.15) is 66.2 Å². The van der Waals surface area contributed by atoms with Crippen LogP contribution in [-0.4, -0.2) is 240 Å². The smallest absolute Gasteiger partial charge is 0.446 e. The van der Waals surface area contributed by atoms with Crippen LogP contribution >= 0.6 is 0 Å². The first-order valence-electron chi connectivity index (χ1n) is 33.5. The molecule has 0 unspecified atom stereocenters. The number of benzene rings is 2. The highest BCUT2D eigenvalue weighted by Gasteiger charge is 2.43. The van der Waals surface area contributed by atoms with E-state index in [9.17, 15) is 125 Å². The molecule has 1 saturated heterocycles. The average molecular weight is 1540 g/mol. The number of carbonyl (C=O) groups excluding carboxylic acids is 11. The summed E-state index contributed by atoms with van der Waals surface area (Å²) in [5.41, 5.74) is 5.99. The quantitative estimate of drug-likeness (QED) is 0.0281. The van der Waals surface area contributed by atoms with Crippen molar-refractivity contribution >= 4 is 117 Å². The zero-order valence-electron chi connectivity index (χ0n) is 58.5. The van der Waals surface area contributed by atoms with Crippen LogP contribution in [-0.2, 0) is 110 Å². The summed E-state index contributed by atoms with van der Waals surface area (Å²) in [5.74, 6) is -25.3. The molecule has 590 valence electrons. The number of likely N-dealkylation sites (tertiary alicyclic amines) is 1. The largest absolute Gasteiger partial charge is 0.481 e. The van der Waals surface area contributed by atoms with Crippen molar-refractivity contribution in [2.24, 2.45) is 17.6 Å². The van der Waals surface area contributed by atoms with Crippen molar-refractivity contribution in [3.63, 3.8) is 0 Å². The first kappa shape index (κ1) is 89.8. The van der Waals surface area contributed by atoms with Crippen LogP contribution in [0, 0.1) is 11.8 Å². The maximum atomic E-state index is 14.8. The molecule has 0 saturated carbocycles. The molecule has 0 radical (unpaired) electrons. The second-order valence-corrected chi connectivity index (χ2v) is 26.4. The summed E-state index contributed by atoms with van der Waals surface area (Å²) >= 11 is 0. The van der Waals surface area contributed by atoms with Crippen molar-refractivity contribution in [2.75, 3.05) is 13.1 Å². The number of aliphatic carboxylic acids is 7. The van der Waals surface area contributed by atoms with Gasteiger partial charge in [-0.15, -0.1) is 0 Å². The number of carboxylic acid groups (broad SMARTS) is 7. The molecule has 0 spiro atoms. The first-order chi connectivity index (χ1) is 50.1. The van der Waals surface area contributed by atoms with Crippen LogP contribution in [0.5, 0.6) is 5.75 Å². The molecule has 1 fully saturated rings. The van der Waals surface area contributed by atoms with Crippen LogP contribution in [0.3, 0.4) is 0 Å². The number of hydrogen-bond acceptors (Lipinski definition) is 22. The number of carboxylic acids is 7. The van der Waals surface area contributed by atoms with Gasteiger partial charge in [-0.25, -0.2) is 4.79 Å². The van der Waals surface area contributed by atoms with Crippen LogP contribution in [0.25, 0.3) is 0 Å². The molecule has 0 aliphatic carbocycles. The molecule has 12 atom stereocenters. The van der Waals surface area contributed by atoms with E-state index in [2.05, 4.69) is 52.0 Å². The molecule has 1 heterocycles. The maximum absolute atomic E-state index is 14.8. The van der Waals surface area contributed by atoms with E-state index in [1.165, 1.54) is 43.3 Å². The van der Waals surface area contributed by atoms with E-state index in [0.717, 1.165) is 17.0 Å². The molecule has 11 amide bonds. The lowest BCUT2D eigenvalue weighted by molar-refractivity contribution is -0.144. The van der Waals surface area contributed by atoms with Crippen LogP contribution in [0.4, 0.5) is 0 Å². The van der Waals surface area contributed by atoms with Gasteiger partial charge in [-0.3, -0.25) is 86.1 Å². The minimum absolute atomic E-state index is 0.0854. The van der Waals surface area contributed by atoms with Gasteiger partial charge in [0.25, 0.3) is 0 Å². The Morgan fingerprint density at radius 2 is 0.897 bits per heavy atom. The van der Waals surface area contributed by atoms with Crippen molar-refractivity contribution in [1.29, 1.82) is 0 Å². The molecular weight excluding hydrogens is 1440 g/mol. The minimum atomic E-state index is -4.99. The van der Waals surface area contributed by atoms with Crippen molar-refractivity contribution in [3.05, 3.63) is 65.7 Å². The highest BCUT2D eigenvalue weighted by atomic mass is 32.3. The summed E-state index contributed by atoms with van der Waals surface area (Å²) in [6.45, 7) is 5.24. The van der Waals surface area contributed by atoms with Gasteiger partial charge in [0, 0.05) is 45.1 Å². The first-order valence-corrected chi connectivity index (χ1v) is 34.8. The minimum Gasteiger partial charge on any atom is -0.481 e. The van der Waals surface area contributed by atoms with E-state index in [-0.39, 0.29) is 43.7 Å². The van der Waals surface area contributed by atoms with E-state index in [1.807, 2.05) is 5.32 Å². The molecule has 1 aliphatic heterocycles. The Labute approximate surface area is 611 Å². The number of nitrogens with two attached hydrogens (primary N) is 1. The molecule has 3 rings (SSSR count). The molecule has 0 bridgehead atoms. The molecular formula is C65H90N12O29S. The maximum Gasteiger partial charge on any atom is 0.446 e. The zero-order valence-corrected chi connectivity index (χ0v) is 59.3. The molecule has 2 aromatic carbocycles. The lowest BCUT2D eigenvalue weighted by Gasteiger charge is -2.33. The second-order valence-electron chi connectivity index (χ2n) is 25.4. The normalized spacial score (nSPS) is 15.7. The predicted octanol–water partition coefficient (Wildman–Crippen LogP) is -3.96. The van der Waals surface area contributed by atoms with E-state index >= 15 is 0 Å². The lowest BCUT2D eigenvalue weighted by atomic mass is 9.96. The Morgan fingerprint density at radius 3 is 1.31 bits per heavy atom. The summed E-state index contributed by atoms with van der Waals surface area (Å²) in [4.78, 5) is 238. The summed E-state index contributed by atoms with van der Waals surface area (Å²) < 4.78 is 36.1. The van der Waals surface area contributed by atoms with E-state index in [0.29, 0.717) is 5.56 Å². The highest BCUT2D eigenvalue weighted by Crippen LogP contribution is 2.23. The third-order valence-electron chi connectivity index (χ3n) is 16.4. The summed E-state index contributed by atoms with van der Waals surface area (Å²) in [6, 6.07) is -7.32. The van der Waals surface area contributed by atoms with E-state index in [1.54, 1.807) is 26.8 Å². The third-order valence-corrected chi connectivity index (χ3v) is 16.8. The Hall–Kier alpha value is -11.4. The molecule has 42 heteroatoms. The average Bonchev–Trinajstić information content (AvgIpc) is 1.73. The molecule has 0 aromatic heterocycles. The van der Waals surface area contributed by atoms with Crippen molar-refractivity contribution < 1.29 is 139 Å². The van der Waals surface area contributed by atoms with Crippen molar-refractivity contribution in [2.45, 2.75) is 197 Å². The van der Waals surface area contributed by atoms with Gasteiger partial charge in [-0.1, -0.05) is 76.6 Å². The van der Waals surface area contributed by atoms with Gasteiger partial charge in [-0.2, -0.15) is 8.42 Å². The summed E-state index contributed by atoms with van der Waals surface area (Å²) in [5, 5.41) is 90.2. The Morgan fingerprint density at radius 1 is 0.495 bits per heavy atom. The molecule has 1 aliphatic rings. The predicted molar refractivity (Wildman–Crippen MR) is 364 cm³/mol. The molecule has 107 heavy (non-hydrogen) atoms. The Bertz CT molecular complexity index is 3680.